The zero-order valence-electron chi connectivity index (χ0n) is 21.8. The molecule has 3 aromatic heterocycles. The number of pyridine rings is 1. The largest absolute Gasteiger partial charge is 0.477 e. The molecule has 3 aromatic rings. The van der Waals surface area contributed by atoms with Gasteiger partial charge in [0.05, 0.1) is 35.6 Å². The summed E-state index contributed by atoms with van der Waals surface area (Å²) in [6, 6.07) is 5.38. The molecule has 0 radical (unpaired) electrons. The average Bonchev–Trinajstić information content (AvgIpc) is 3.59. The molecule has 2 N–H and O–H groups in total. The molecule has 0 amide bonds. The van der Waals surface area contributed by atoms with Gasteiger partial charge >= 0.3 is 0 Å². The van der Waals surface area contributed by atoms with Crippen LogP contribution in [-0.4, -0.2) is 70.2 Å². The van der Waals surface area contributed by atoms with Gasteiger partial charge in [0.2, 0.25) is 5.88 Å². The molecule has 5 rings (SSSR count). The first-order chi connectivity index (χ1) is 18.0. The first-order valence-corrected chi connectivity index (χ1v) is 14.3. The Labute approximate surface area is 227 Å². The smallest absolute Gasteiger partial charge is 0.232 e. The number of anilines is 1. The quantitative estimate of drug-likeness (QED) is 0.262. The normalized spacial score (nSPS) is 19.4. The van der Waals surface area contributed by atoms with Crippen LogP contribution in [0.1, 0.15) is 54.1 Å². The lowest BCUT2D eigenvalue weighted by Crippen LogP contribution is -2.45. The van der Waals surface area contributed by atoms with Crippen LogP contribution in [0.15, 0.2) is 36.9 Å². The Morgan fingerprint density at radius 1 is 1.24 bits per heavy atom. The topological polar surface area (TPSA) is 105 Å². The molecule has 0 aliphatic heterocycles. The third kappa shape index (κ3) is 7.70. The SMILES string of the molecule is CCOc1cncc(-c2cnc(C=O)s2)n1.CNC(c1cc(NSC2CC2)ccn1)C1CC(N(C)C)C1. The summed E-state index contributed by atoms with van der Waals surface area (Å²) < 4.78 is 8.71. The van der Waals surface area contributed by atoms with Gasteiger partial charge in [0.1, 0.15) is 5.69 Å². The molecule has 2 fully saturated rings. The lowest BCUT2D eigenvalue weighted by molar-refractivity contribution is 0.0955. The summed E-state index contributed by atoms with van der Waals surface area (Å²) in [5, 5.41) is 4.71. The van der Waals surface area contributed by atoms with Crippen molar-refractivity contribution in [3.8, 4) is 16.5 Å². The van der Waals surface area contributed by atoms with Crippen molar-refractivity contribution in [2.45, 2.75) is 49.9 Å². The Balaban J connectivity index is 0.000000180. The van der Waals surface area contributed by atoms with E-state index in [0.29, 0.717) is 41.4 Å². The third-order valence-electron chi connectivity index (χ3n) is 6.41. The highest BCUT2D eigenvalue weighted by Gasteiger charge is 2.36. The fraction of sp³-hybridized carbons (Fsp3) is 0.500. The highest BCUT2D eigenvalue weighted by Crippen LogP contribution is 2.40. The van der Waals surface area contributed by atoms with E-state index in [1.807, 2.05) is 32.1 Å². The molecule has 9 nitrogen and oxygen atoms in total. The van der Waals surface area contributed by atoms with Gasteiger partial charge in [-0.25, -0.2) is 9.97 Å². The Morgan fingerprint density at radius 2 is 2.05 bits per heavy atom. The van der Waals surface area contributed by atoms with Crippen molar-refractivity contribution in [2.75, 3.05) is 32.5 Å². The summed E-state index contributed by atoms with van der Waals surface area (Å²) in [6.45, 7) is 2.42. The van der Waals surface area contributed by atoms with Gasteiger partial charge < -0.3 is 19.7 Å². The number of carbonyl (C=O) groups excluding carboxylic acids is 1. The van der Waals surface area contributed by atoms with Crippen molar-refractivity contribution in [1.82, 2.24) is 30.2 Å². The minimum atomic E-state index is 0.369. The molecule has 2 aliphatic carbocycles. The number of nitrogens with one attached hydrogen (secondary N) is 2. The number of ether oxygens (including phenoxy) is 1. The zero-order chi connectivity index (χ0) is 26.2. The fourth-order valence-corrected chi connectivity index (χ4v) is 5.60. The predicted octanol–water partition coefficient (Wildman–Crippen LogP) is 4.72. The molecule has 198 valence electrons. The number of thiazole rings is 1. The van der Waals surface area contributed by atoms with Gasteiger partial charge in [-0.3, -0.25) is 14.8 Å². The van der Waals surface area contributed by atoms with Crippen LogP contribution < -0.4 is 14.8 Å². The second-order valence-corrected chi connectivity index (χ2v) is 11.5. The van der Waals surface area contributed by atoms with E-state index in [1.54, 1.807) is 18.6 Å². The van der Waals surface area contributed by atoms with E-state index in [2.05, 4.69) is 61.1 Å². The molecular weight excluding hydrogens is 506 g/mol. The van der Waals surface area contributed by atoms with Gasteiger partial charge in [0.25, 0.3) is 0 Å². The molecule has 0 bridgehead atoms. The molecule has 0 saturated heterocycles. The Morgan fingerprint density at radius 3 is 2.70 bits per heavy atom. The molecular formula is C26H35N7O2S2. The van der Waals surface area contributed by atoms with E-state index in [4.69, 9.17) is 4.74 Å². The van der Waals surface area contributed by atoms with Gasteiger partial charge in [-0.15, -0.1) is 11.3 Å². The second-order valence-electron chi connectivity index (χ2n) is 9.36. The lowest BCUT2D eigenvalue weighted by atomic mass is 9.74. The van der Waals surface area contributed by atoms with E-state index in [0.717, 1.165) is 16.2 Å². The maximum absolute atomic E-state index is 10.5. The van der Waals surface area contributed by atoms with Gasteiger partial charge in [-0.1, -0.05) is 0 Å². The second kappa shape index (κ2) is 13.3. The summed E-state index contributed by atoms with van der Waals surface area (Å²) in [6.07, 6.45) is 12.6. The van der Waals surface area contributed by atoms with Crippen LogP contribution in [0.4, 0.5) is 5.69 Å². The van der Waals surface area contributed by atoms with E-state index >= 15 is 0 Å². The number of hydrogen-bond acceptors (Lipinski definition) is 11. The molecule has 1 atom stereocenters. The minimum Gasteiger partial charge on any atom is -0.477 e. The van der Waals surface area contributed by atoms with Crippen LogP contribution in [0.25, 0.3) is 10.6 Å². The van der Waals surface area contributed by atoms with Crippen LogP contribution >= 0.6 is 23.3 Å². The van der Waals surface area contributed by atoms with Crippen LogP contribution in [0.3, 0.4) is 0 Å². The number of rotatable bonds is 11. The van der Waals surface area contributed by atoms with E-state index in [-0.39, 0.29) is 0 Å². The van der Waals surface area contributed by atoms with Crippen molar-refractivity contribution in [1.29, 1.82) is 0 Å². The summed E-state index contributed by atoms with van der Waals surface area (Å²) in [5.41, 5.74) is 3.01. The monoisotopic (exact) mass is 541 g/mol. The highest BCUT2D eigenvalue weighted by atomic mass is 32.2. The van der Waals surface area contributed by atoms with Gasteiger partial charge in [-0.2, -0.15) is 0 Å². The lowest BCUT2D eigenvalue weighted by Gasteiger charge is -2.43. The van der Waals surface area contributed by atoms with E-state index in [1.165, 1.54) is 48.4 Å². The molecule has 37 heavy (non-hydrogen) atoms. The average molecular weight is 542 g/mol. The molecule has 1 unspecified atom stereocenters. The van der Waals surface area contributed by atoms with Crippen molar-refractivity contribution in [2.24, 2.45) is 5.92 Å². The number of nitrogens with zero attached hydrogens (tertiary/aromatic N) is 5. The molecule has 0 aromatic carbocycles. The van der Waals surface area contributed by atoms with Crippen molar-refractivity contribution < 1.29 is 9.53 Å². The fourth-order valence-electron chi connectivity index (χ4n) is 4.11. The van der Waals surface area contributed by atoms with Crippen molar-refractivity contribution in [3.63, 3.8) is 0 Å². The van der Waals surface area contributed by atoms with E-state index in [9.17, 15) is 4.79 Å². The van der Waals surface area contributed by atoms with Crippen LogP contribution in [0.2, 0.25) is 0 Å². The molecule has 11 heteroatoms. The van der Waals surface area contributed by atoms with E-state index < -0.39 is 0 Å². The molecule has 2 saturated carbocycles. The maximum Gasteiger partial charge on any atom is 0.232 e. The Hall–Kier alpha value is -2.60. The van der Waals surface area contributed by atoms with Crippen molar-refractivity contribution in [3.05, 3.63) is 47.6 Å². The van der Waals surface area contributed by atoms with Gasteiger partial charge in [0, 0.05) is 29.4 Å². The third-order valence-corrected chi connectivity index (χ3v) is 8.51. The predicted molar refractivity (Wildman–Crippen MR) is 150 cm³/mol. The first-order valence-electron chi connectivity index (χ1n) is 12.6. The highest BCUT2D eigenvalue weighted by molar-refractivity contribution is 8.01. The standard InChI is InChI=1S/C16H26N4S.C10H9N3O2S/c1-17-16(11-8-13(9-11)20(2)3)15-10-12(6-7-18-15)19-21-14-4-5-14;1-2-15-9-5-11-3-7(13-9)8-4-12-10(6-14)16-8/h6-7,10-11,13-14,16-17H,4-5,8-9H2,1-3H3,(H,18,19);3-6H,2H2,1H3. The summed E-state index contributed by atoms with van der Waals surface area (Å²) >= 11 is 3.13. The number of aldehydes is 1. The van der Waals surface area contributed by atoms with Crippen molar-refractivity contribution >= 4 is 35.3 Å². The van der Waals surface area contributed by atoms with Gasteiger partial charge in [0.15, 0.2) is 11.3 Å². The summed E-state index contributed by atoms with van der Waals surface area (Å²) in [5.74, 6) is 1.17. The Bertz CT molecular complexity index is 1150. The number of carbonyl (C=O) groups is 1. The molecule has 0 spiro atoms. The summed E-state index contributed by atoms with van der Waals surface area (Å²) in [7, 11) is 6.40. The number of aromatic nitrogens is 4. The van der Waals surface area contributed by atoms with Crippen LogP contribution in [0, 0.1) is 5.92 Å². The summed E-state index contributed by atoms with van der Waals surface area (Å²) in [4.78, 5) is 30.4. The van der Waals surface area contributed by atoms with Gasteiger partial charge in [-0.05, 0) is 83.7 Å². The van der Waals surface area contributed by atoms with Crippen LogP contribution in [0.5, 0.6) is 5.88 Å². The zero-order valence-corrected chi connectivity index (χ0v) is 23.4. The minimum absolute atomic E-state index is 0.369. The molecule has 3 heterocycles. The number of hydrogen-bond donors (Lipinski definition) is 2. The molecule has 2 aliphatic rings. The Kier molecular flexibility index (Phi) is 9.84. The van der Waals surface area contributed by atoms with Crippen LogP contribution in [-0.2, 0) is 0 Å². The maximum atomic E-state index is 10.5. The first kappa shape index (κ1) is 27.4.